The maximum absolute atomic E-state index is 13.0. The van der Waals surface area contributed by atoms with E-state index in [4.69, 9.17) is 21.1 Å². The maximum atomic E-state index is 13.0. The molecule has 1 saturated heterocycles. The third kappa shape index (κ3) is 5.10. The zero-order valence-corrected chi connectivity index (χ0v) is 21.0. The van der Waals surface area contributed by atoms with Gasteiger partial charge < -0.3 is 9.47 Å². The molecule has 0 saturated carbocycles. The van der Waals surface area contributed by atoms with Gasteiger partial charge >= 0.3 is 0 Å². The fourth-order valence-corrected chi connectivity index (χ4v) is 4.97. The van der Waals surface area contributed by atoms with Crippen LogP contribution in [-0.4, -0.2) is 17.8 Å². The largest absolute Gasteiger partial charge is 0.490 e. The minimum Gasteiger partial charge on any atom is -0.490 e. The maximum Gasteiger partial charge on any atom is 0.298 e. The summed E-state index contributed by atoms with van der Waals surface area (Å²) < 4.78 is 11.9. The van der Waals surface area contributed by atoms with Gasteiger partial charge in [-0.2, -0.15) is 0 Å². The number of halogens is 1. The number of nitrogens with zero attached hydrogens (tertiary/aromatic N) is 1. The average molecular weight is 516 g/mol. The first-order chi connectivity index (χ1) is 17.5. The van der Waals surface area contributed by atoms with Crippen molar-refractivity contribution in [2.24, 2.45) is 0 Å². The molecule has 0 radical (unpaired) electrons. The van der Waals surface area contributed by atoms with Crippen LogP contribution in [0.4, 0.5) is 10.5 Å². The first-order valence-corrected chi connectivity index (χ1v) is 12.6. The molecule has 7 heteroatoms. The van der Waals surface area contributed by atoms with Crippen LogP contribution in [0.2, 0.25) is 5.02 Å². The van der Waals surface area contributed by atoms with E-state index < -0.39 is 0 Å². The van der Waals surface area contributed by atoms with Crippen LogP contribution in [0.15, 0.2) is 89.8 Å². The van der Waals surface area contributed by atoms with E-state index in [-0.39, 0.29) is 11.1 Å². The van der Waals surface area contributed by atoms with Crippen LogP contribution < -0.4 is 14.4 Å². The van der Waals surface area contributed by atoms with Crippen molar-refractivity contribution in [2.75, 3.05) is 11.5 Å². The second-order valence-electron chi connectivity index (χ2n) is 8.11. The molecule has 0 unspecified atom stereocenters. The highest BCUT2D eigenvalue weighted by Gasteiger charge is 2.36. The number of imide groups is 1. The van der Waals surface area contributed by atoms with Crippen LogP contribution in [-0.2, 0) is 11.4 Å². The van der Waals surface area contributed by atoms with Crippen LogP contribution in [0, 0.1) is 0 Å². The lowest BCUT2D eigenvalue weighted by atomic mass is 10.1. The summed E-state index contributed by atoms with van der Waals surface area (Å²) in [6.07, 6.45) is 1.69. The summed E-state index contributed by atoms with van der Waals surface area (Å²) in [5.41, 5.74) is 2.23. The number of benzene rings is 4. The highest BCUT2D eigenvalue weighted by molar-refractivity contribution is 8.19. The number of carbonyl (C=O) groups is 2. The van der Waals surface area contributed by atoms with Crippen LogP contribution >= 0.6 is 23.4 Å². The van der Waals surface area contributed by atoms with Crippen molar-refractivity contribution >= 4 is 57.0 Å². The van der Waals surface area contributed by atoms with Gasteiger partial charge in [-0.3, -0.25) is 9.59 Å². The van der Waals surface area contributed by atoms with Gasteiger partial charge in [0.05, 0.1) is 17.2 Å². The molecule has 0 bridgehead atoms. The van der Waals surface area contributed by atoms with Gasteiger partial charge in [-0.05, 0) is 83.1 Å². The average Bonchev–Trinajstić information content (AvgIpc) is 3.16. The minimum absolute atomic E-state index is 0.326. The number of hydrogen-bond acceptors (Lipinski definition) is 5. The van der Waals surface area contributed by atoms with Crippen molar-refractivity contribution in [3.05, 3.63) is 106 Å². The summed E-state index contributed by atoms with van der Waals surface area (Å²) >= 11 is 6.93. The van der Waals surface area contributed by atoms with Crippen molar-refractivity contribution in [3.63, 3.8) is 0 Å². The molecule has 0 N–H and O–H groups in total. The van der Waals surface area contributed by atoms with E-state index in [9.17, 15) is 9.59 Å². The smallest absolute Gasteiger partial charge is 0.298 e. The highest BCUT2D eigenvalue weighted by atomic mass is 35.5. The summed E-state index contributed by atoms with van der Waals surface area (Å²) in [6.45, 7) is 2.75. The summed E-state index contributed by atoms with van der Waals surface area (Å²) in [5.74, 6) is 0.789. The molecule has 1 fully saturated rings. The molecule has 0 atom stereocenters. The number of carbonyl (C=O) groups excluding carboxylic acids is 2. The van der Waals surface area contributed by atoms with Crippen molar-refractivity contribution in [1.82, 2.24) is 0 Å². The Morgan fingerprint density at radius 1 is 0.861 bits per heavy atom. The number of rotatable bonds is 7. The van der Waals surface area contributed by atoms with Gasteiger partial charge in [-0.1, -0.05) is 60.1 Å². The monoisotopic (exact) mass is 515 g/mol. The molecule has 2 amide bonds. The van der Waals surface area contributed by atoms with Gasteiger partial charge in [-0.15, -0.1) is 0 Å². The fraction of sp³-hybridized carbons (Fsp3) is 0.103. The number of amides is 2. The second kappa shape index (κ2) is 10.5. The van der Waals surface area contributed by atoms with E-state index in [1.807, 2.05) is 43.3 Å². The predicted molar refractivity (Wildman–Crippen MR) is 146 cm³/mol. The van der Waals surface area contributed by atoms with E-state index in [2.05, 4.69) is 24.3 Å². The molecule has 180 valence electrons. The van der Waals surface area contributed by atoms with Crippen molar-refractivity contribution in [2.45, 2.75) is 13.5 Å². The Kier molecular flexibility index (Phi) is 6.98. The molecule has 5 rings (SSSR count). The first-order valence-electron chi connectivity index (χ1n) is 11.4. The Bertz CT molecular complexity index is 1500. The van der Waals surface area contributed by atoms with Gasteiger partial charge in [0, 0.05) is 5.02 Å². The van der Waals surface area contributed by atoms with Gasteiger partial charge in [0.15, 0.2) is 11.5 Å². The molecule has 4 aromatic carbocycles. The lowest BCUT2D eigenvalue weighted by Crippen LogP contribution is -2.27. The fourth-order valence-electron chi connectivity index (χ4n) is 3.95. The van der Waals surface area contributed by atoms with Gasteiger partial charge in [0.2, 0.25) is 0 Å². The van der Waals surface area contributed by atoms with Gasteiger partial charge in [0.25, 0.3) is 11.1 Å². The Labute approximate surface area is 218 Å². The third-order valence-corrected chi connectivity index (χ3v) is 6.74. The van der Waals surface area contributed by atoms with Gasteiger partial charge in [-0.25, -0.2) is 4.90 Å². The van der Waals surface area contributed by atoms with Crippen molar-refractivity contribution < 1.29 is 19.1 Å². The number of ether oxygens (including phenoxy) is 2. The summed E-state index contributed by atoms with van der Waals surface area (Å²) in [7, 11) is 0. The van der Waals surface area contributed by atoms with Crippen LogP contribution in [0.5, 0.6) is 11.5 Å². The predicted octanol–water partition coefficient (Wildman–Crippen LogP) is 7.71. The molecule has 1 aliphatic rings. The Hall–Kier alpha value is -3.74. The lowest BCUT2D eigenvalue weighted by molar-refractivity contribution is -0.113. The Balaban J connectivity index is 1.36. The topological polar surface area (TPSA) is 55.8 Å². The summed E-state index contributed by atoms with van der Waals surface area (Å²) in [6, 6.07) is 26.6. The molecule has 5 nitrogen and oxygen atoms in total. The number of fused-ring (bicyclic) bond motifs is 1. The number of hydrogen-bond donors (Lipinski definition) is 0. The Morgan fingerprint density at radius 2 is 1.69 bits per heavy atom. The second-order valence-corrected chi connectivity index (χ2v) is 9.54. The van der Waals surface area contributed by atoms with Crippen LogP contribution in [0.25, 0.3) is 16.8 Å². The third-order valence-electron chi connectivity index (χ3n) is 5.63. The van der Waals surface area contributed by atoms with Crippen molar-refractivity contribution in [1.29, 1.82) is 0 Å². The molecule has 4 aromatic rings. The SMILES string of the molecule is CCOc1cc(/C=C2/SC(=O)N(c3cccc(Cl)c3)C2=O)ccc1OCc1ccc2ccccc2c1. The van der Waals surface area contributed by atoms with Crippen molar-refractivity contribution in [3.8, 4) is 11.5 Å². The van der Waals surface area contributed by atoms with E-state index in [0.717, 1.165) is 33.2 Å². The molecule has 1 aliphatic heterocycles. The molecular weight excluding hydrogens is 494 g/mol. The molecular formula is C29H22ClNO4S. The number of thioether (sulfide) groups is 1. The molecule has 36 heavy (non-hydrogen) atoms. The first kappa shape index (κ1) is 24.0. The zero-order chi connectivity index (χ0) is 25.1. The van der Waals surface area contributed by atoms with E-state index in [1.165, 1.54) is 5.39 Å². The minimum atomic E-state index is -0.387. The lowest BCUT2D eigenvalue weighted by Gasteiger charge is -2.13. The summed E-state index contributed by atoms with van der Waals surface area (Å²) in [4.78, 5) is 27.0. The van der Waals surface area contributed by atoms with Crippen LogP contribution in [0.3, 0.4) is 0 Å². The summed E-state index contributed by atoms with van der Waals surface area (Å²) in [5, 5.41) is 2.43. The molecule has 0 spiro atoms. The highest BCUT2D eigenvalue weighted by Crippen LogP contribution is 2.37. The Morgan fingerprint density at radius 3 is 2.50 bits per heavy atom. The molecule has 0 aliphatic carbocycles. The zero-order valence-electron chi connectivity index (χ0n) is 19.4. The standard InChI is InChI=1S/C29H22ClNO4S/c1-2-34-26-15-19(16-27-28(32)31(29(33)36-27)24-9-5-8-23(30)17-24)11-13-25(26)35-18-20-10-12-21-6-3-4-7-22(21)14-20/h3-17H,2,18H2,1H3/b27-16+. The van der Waals surface area contributed by atoms with E-state index in [1.54, 1.807) is 30.3 Å². The van der Waals surface area contributed by atoms with E-state index in [0.29, 0.717) is 40.3 Å². The quantitative estimate of drug-likeness (QED) is 0.236. The molecule has 1 heterocycles. The van der Waals surface area contributed by atoms with Gasteiger partial charge in [0.1, 0.15) is 6.61 Å². The van der Waals surface area contributed by atoms with Crippen LogP contribution in [0.1, 0.15) is 18.1 Å². The molecule has 0 aromatic heterocycles. The number of anilines is 1. The normalized spacial score (nSPS) is 14.6. The van der Waals surface area contributed by atoms with E-state index >= 15 is 0 Å².